The van der Waals surface area contributed by atoms with Crippen LogP contribution in [0.5, 0.6) is 0 Å². The average molecular weight is 424 g/mol. The zero-order valence-corrected chi connectivity index (χ0v) is 16.4. The fourth-order valence-electron chi connectivity index (χ4n) is 4.45. The number of halogens is 3. The first-order valence-electron chi connectivity index (χ1n) is 9.70. The number of amides is 1. The van der Waals surface area contributed by atoms with Crippen LogP contribution in [0, 0.1) is 12.3 Å². The third-order valence-electron chi connectivity index (χ3n) is 6.11. The highest BCUT2D eigenvalue weighted by molar-refractivity contribution is 5.63. The Balaban J connectivity index is 1.35. The van der Waals surface area contributed by atoms with Crippen molar-refractivity contribution in [1.29, 1.82) is 0 Å². The van der Waals surface area contributed by atoms with E-state index in [9.17, 15) is 23.1 Å². The lowest BCUT2D eigenvalue weighted by Crippen LogP contribution is -2.58. The number of aromatic nitrogens is 3. The molecule has 3 heterocycles. The molecule has 2 aromatic heterocycles. The van der Waals surface area contributed by atoms with Crippen LogP contribution in [0.15, 0.2) is 22.9 Å². The van der Waals surface area contributed by atoms with Crippen molar-refractivity contribution >= 4 is 11.9 Å². The van der Waals surface area contributed by atoms with Gasteiger partial charge in [-0.05, 0) is 43.2 Å². The van der Waals surface area contributed by atoms with E-state index in [0.717, 1.165) is 25.0 Å². The second-order valence-electron chi connectivity index (χ2n) is 8.07. The standard InChI is InChI=1S/C19H22F3N5O3/c1-12-24-15(25-30-12)11-27(17(28)29)14-9-18(10-14)3-6-26(7-4-18)16-8-13(2-5-23-16)19(20,21)22/h2,5,8,14H,3-4,6-7,9-11H2,1H3,(H,28,29)/p-1. The van der Waals surface area contributed by atoms with Gasteiger partial charge in [0.05, 0.1) is 12.1 Å². The Hall–Kier alpha value is -2.85. The molecule has 0 aromatic carbocycles. The molecule has 2 aliphatic rings. The van der Waals surface area contributed by atoms with Crippen LogP contribution in [0.25, 0.3) is 0 Å². The Labute approximate surface area is 170 Å². The van der Waals surface area contributed by atoms with Crippen LogP contribution in [0.4, 0.5) is 23.8 Å². The molecule has 1 amide bonds. The summed E-state index contributed by atoms with van der Waals surface area (Å²) >= 11 is 0. The third-order valence-corrected chi connectivity index (χ3v) is 6.11. The largest absolute Gasteiger partial charge is 0.530 e. The minimum atomic E-state index is -4.40. The minimum Gasteiger partial charge on any atom is -0.530 e. The van der Waals surface area contributed by atoms with Crippen molar-refractivity contribution < 1.29 is 27.6 Å². The van der Waals surface area contributed by atoms with Gasteiger partial charge in [-0.25, -0.2) is 4.98 Å². The maximum Gasteiger partial charge on any atom is 0.416 e. The lowest BCUT2D eigenvalue weighted by Gasteiger charge is -2.55. The van der Waals surface area contributed by atoms with Gasteiger partial charge in [-0.2, -0.15) is 18.2 Å². The maximum atomic E-state index is 12.9. The monoisotopic (exact) mass is 424 g/mol. The van der Waals surface area contributed by atoms with E-state index in [1.807, 2.05) is 4.90 Å². The molecule has 0 unspecified atom stereocenters. The predicted molar refractivity (Wildman–Crippen MR) is 96.1 cm³/mol. The molecule has 1 aliphatic heterocycles. The molecule has 1 saturated heterocycles. The molecule has 162 valence electrons. The molecule has 2 fully saturated rings. The van der Waals surface area contributed by atoms with E-state index in [4.69, 9.17) is 4.52 Å². The third kappa shape index (κ3) is 4.05. The van der Waals surface area contributed by atoms with E-state index in [-0.39, 0.29) is 18.0 Å². The summed E-state index contributed by atoms with van der Waals surface area (Å²) in [5.74, 6) is 0.978. The predicted octanol–water partition coefficient (Wildman–Crippen LogP) is 2.39. The van der Waals surface area contributed by atoms with E-state index < -0.39 is 17.8 Å². The van der Waals surface area contributed by atoms with Crippen LogP contribution in [0.2, 0.25) is 0 Å². The molecule has 0 bridgehead atoms. The van der Waals surface area contributed by atoms with Crippen molar-refractivity contribution in [3.63, 3.8) is 0 Å². The molecule has 1 spiro atoms. The molecule has 2 aromatic rings. The number of hydrogen-bond donors (Lipinski definition) is 0. The number of aryl methyl sites for hydroxylation is 1. The summed E-state index contributed by atoms with van der Waals surface area (Å²) in [6.07, 6.45) is -1.60. The molecule has 0 N–H and O–H groups in total. The Kier molecular flexibility index (Phi) is 5.07. The Bertz CT molecular complexity index is 916. The molecular weight excluding hydrogens is 403 g/mol. The first kappa shape index (κ1) is 20.4. The van der Waals surface area contributed by atoms with Gasteiger partial charge in [0.15, 0.2) is 5.82 Å². The molecule has 0 atom stereocenters. The Morgan fingerprint density at radius 3 is 2.63 bits per heavy atom. The lowest BCUT2D eigenvalue weighted by molar-refractivity contribution is -0.272. The zero-order valence-electron chi connectivity index (χ0n) is 16.4. The number of hydrogen-bond acceptors (Lipinski definition) is 7. The molecule has 0 radical (unpaired) electrons. The fourth-order valence-corrected chi connectivity index (χ4v) is 4.45. The lowest BCUT2D eigenvalue weighted by atomic mass is 9.60. The maximum absolute atomic E-state index is 12.9. The quantitative estimate of drug-likeness (QED) is 0.743. The fraction of sp³-hybridized carbons (Fsp3) is 0.579. The number of carbonyl (C=O) groups excluding carboxylic acids is 1. The number of pyridine rings is 1. The van der Waals surface area contributed by atoms with Crippen LogP contribution in [0.3, 0.4) is 0 Å². The van der Waals surface area contributed by atoms with Crippen molar-refractivity contribution in [2.75, 3.05) is 18.0 Å². The van der Waals surface area contributed by atoms with Crippen LogP contribution >= 0.6 is 0 Å². The first-order chi connectivity index (χ1) is 14.2. The van der Waals surface area contributed by atoms with Crippen LogP contribution < -0.4 is 10.0 Å². The number of alkyl halides is 3. The van der Waals surface area contributed by atoms with E-state index in [1.54, 1.807) is 6.92 Å². The SMILES string of the molecule is Cc1nc(CN(C(=O)[O-])C2CC3(CCN(c4cc(C(F)(F)F)ccn4)CC3)C2)no1. The van der Waals surface area contributed by atoms with E-state index >= 15 is 0 Å². The van der Waals surface area contributed by atoms with Crippen LogP contribution in [-0.2, 0) is 12.7 Å². The Morgan fingerprint density at radius 2 is 2.07 bits per heavy atom. The number of carbonyl (C=O) groups is 1. The summed E-state index contributed by atoms with van der Waals surface area (Å²) in [4.78, 5) is 22.8. The number of anilines is 1. The van der Waals surface area contributed by atoms with Crippen molar-refractivity contribution in [2.24, 2.45) is 5.41 Å². The first-order valence-corrected chi connectivity index (χ1v) is 9.70. The van der Waals surface area contributed by atoms with Crippen LogP contribution in [0.1, 0.15) is 43.0 Å². The van der Waals surface area contributed by atoms with Crippen molar-refractivity contribution in [1.82, 2.24) is 20.0 Å². The molecule has 30 heavy (non-hydrogen) atoms. The van der Waals surface area contributed by atoms with E-state index in [2.05, 4.69) is 15.1 Å². The van der Waals surface area contributed by atoms with E-state index in [1.165, 1.54) is 11.1 Å². The van der Waals surface area contributed by atoms with Crippen molar-refractivity contribution in [3.05, 3.63) is 35.6 Å². The van der Waals surface area contributed by atoms with Gasteiger partial charge < -0.3 is 24.2 Å². The summed E-state index contributed by atoms with van der Waals surface area (Å²) in [5, 5.41) is 15.3. The molecule has 4 rings (SSSR count). The number of carboxylic acid groups (broad SMARTS) is 1. The van der Waals surface area contributed by atoms with Gasteiger partial charge in [0, 0.05) is 32.3 Å². The number of nitrogens with zero attached hydrogens (tertiary/aromatic N) is 5. The van der Waals surface area contributed by atoms with Gasteiger partial charge in [-0.15, -0.1) is 0 Å². The van der Waals surface area contributed by atoms with Crippen LogP contribution in [-0.4, -0.2) is 45.2 Å². The van der Waals surface area contributed by atoms with Gasteiger partial charge >= 0.3 is 6.18 Å². The van der Waals surface area contributed by atoms with Gasteiger partial charge in [0.2, 0.25) is 5.89 Å². The molecule has 11 heteroatoms. The van der Waals surface area contributed by atoms with Gasteiger partial charge in [-0.3, -0.25) is 0 Å². The second-order valence-corrected chi connectivity index (χ2v) is 8.07. The van der Waals surface area contributed by atoms with Crippen molar-refractivity contribution in [3.8, 4) is 0 Å². The van der Waals surface area contributed by atoms with Gasteiger partial charge in [0.25, 0.3) is 0 Å². The van der Waals surface area contributed by atoms with Crippen molar-refractivity contribution in [2.45, 2.75) is 51.4 Å². The molecule has 1 saturated carbocycles. The molecule has 1 aliphatic carbocycles. The average Bonchev–Trinajstić information content (AvgIpc) is 3.09. The highest BCUT2D eigenvalue weighted by atomic mass is 19.4. The Morgan fingerprint density at radius 1 is 1.37 bits per heavy atom. The smallest absolute Gasteiger partial charge is 0.416 e. The number of piperidine rings is 1. The number of rotatable bonds is 4. The highest BCUT2D eigenvalue weighted by Gasteiger charge is 2.48. The summed E-state index contributed by atoms with van der Waals surface area (Å²) in [6, 6.07) is 1.85. The summed E-state index contributed by atoms with van der Waals surface area (Å²) in [5.41, 5.74) is -0.721. The van der Waals surface area contributed by atoms with E-state index in [0.29, 0.717) is 43.5 Å². The molecule has 8 nitrogen and oxygen atoms in total. The summed E-state index contributed by atoms with van der Waals surface area (Å²) in [6.45, 7) is 2.80. The van der Waals surface area contributed by atoms with Gasteiger partial charge in [0.1, 0.15) is 11.9 Å². The highest BCUT2D eigenvalue weighted by Crippen LogP contribution is 2.51. The zero-order chi connectivity index (χ0) is 21.5. The summed E-state index contributed by atoms with van der Waals surface area (Å²) < 4.78 is 43.7. The second kappa shape index (κ2) is 7.44. The normalized spacial score (nSPS) is 19.0. The molecular formula is C19H21F3N5O3-. The van der Waals surface area contributed by atoms with Gasteiger partial charge in [-0.1, -0.05) is 5.16 Å². The summed E-state index contributed by atoms with van der Waals surface area (Å²) in [7, 11) is 0. The minimum absolute atomic E-state index is 0.0102. The topological polar surface area (TPSA) is 98.4 Å².